The molecule has 0 radical (unpaired) electrons. The van der Waals surface area contributed by atoms with Gasteiger partial charge in [-0.25, -0.2) is 9.59 Å². The lowest BCUT2D eigenvalue weighted by Gasteiger charge is -2.63. The van der Waals surface area contributed by atoms with Crippen LogP contribution in [0.2, 0.25) is 0 Å². The molecule has 3 saturated heterocycles. The van der Waals surface area contributed by atoms with Crippen molar-refractivity contribution in [1.82, 2.24) is 9.80 Å². The van der Waals surface area contributed by atoms with Gasteiger partial charge in [0.1, 0.15) is 12.2 Å². The second kappa shape index (κ2) is 10.2. The molecule has 258 valence electrons. The van der Waals surface area contributed by atoms with Crippen molar-refractivity contribution in [2.24, 2.45) is 50.7 Å². The summed E-state index contributed by atoms with van der Waals surface area (Å²) in [5.41, 5.74) is 0.131. The number of aliphatic hydroxyl groups excluding tert-OH is 2. The third-order valence-electron chi connectivity index (χ3n) is 16.2. The number of ether oxygens (including phenoxy) is 3. The van der Waals surface area contributed by atoms with E-state index >= 15 is 0 Å². The van der Waals surface area contributed by atoms with E-state index in [4.69, 9.17) is 14.2 Å². The maximum absolute atomic E-state index is 12.9. The fraction of sp³-hybridized carbons (Fsp3) is 0.946. The van der Waals surface area contributed by atoms with Gasteiger partial charge in [-0.3, -0.25) is 0 Å². The molecule has 2 N–H and O–H groups in total. The number of hydrogen-bond donors (Lipinski definition) is 2. The Hall–Kier alpha value is -1.58. The number of carbonyl (C=O) groups is 2. The van der Waals surface area contributed by atoms with Gasteiger partial charge in [0.05, 0.1) is 37.5 Å². The molecule has 46 heavy (non-hydrogen) atoms. The Morgan fingerprint density at radius 2 is 1.54 bits per heavy atom. The molecular weight excluding hydrogens is 584 g/mol. The normalized spacial score (nSPS) is 49.3. The standard InChI is InChI=1S/C37H58N2O7/c1-21(2)28(46-31(42)38-16-7-17-38)24-9-8-23-29(44-24)30(41)35(6)26-11-10-25-33(3,4)27(45-32(43)39-18-22(40)19-39)12-13-36(25)20-37(26,36)15-14-34(23,35)5/h21-30,40-41H,7-20H2,1-6H3/t23-,24?,25-,26?,27?,28?,29?,30-,34?,35+,36?,37?/m0/s1. The van der Waals surface area contributed by atoms with E-state index in [0.29, 0.717) is 30.8 Å². The predicted molar refractivity (Wildman–Crippen MR) is 171 cm³/mol. The average molecular weight is 643 g/mol. The number of nitrogens with zero attached hydrogens (tertiary/aromatic N) is 2. The Bertz CT molecular complexity index is 1260. The smallest absolute Gasteiger partial charge is 0.410 e. The van der Waals surface area contributed by atoms with Gasteiger partial charge in [0, 0.05) is 23.9 Å². The van der Waals surface area contributed by atoms with Crippen molar-refractivity contribution >= 4 is 12.2 Å². The zero-order chi connectivity index (χ0) is 32.6. The molecule has 8 aliphatic rings. The molecule has 8 unspecified atom stereocenters. The molecule has 5 aliphatic carbocycles. The van der Waals surface area contributed by atoms with E-state index in [2.05, 4.69) is 41.5 Å². The third-order valence-corrected chi connectivity index (χ3v) is 16.2. The second-order valence-electron chi connectivity index (χ2n) is 18.4. The summed E-state index contributed by atoms with van der Waals surface area (Å²) in [5.74, 6) is 1.38. The van der Waals surface area contributed by atoms with Gasteiger partial charge in [-0.15, -0.1) is 0 Å². The van der Waals surface area contributed by atoms with Crippen molar-refractivity contribution in [2.75, 3.05) is 26.2 Å². The zero-order valence-corrected chi connectivity index (χ0v) is 29.0. The molecular formula is C37H58N2O7. The van der Waals surface area contributed by atoms with Gasteiger partial charge in [-0.1, -0.05) is 41.5 Å². The Morgan fingerprint density at radius 3 is 2.20 bits per heavy atom. The highest BCUT2D eigenvalue weighted by Crippen LogP contribution is 2.89. The van der Waals surface area contributed by atoms with Crippen LogP contribution in [0.4, 0.5) is 9.59 Å². The molecule has 0 aromatic rings. The summed E-state index contributed by atoms with van der Waals surface area (Å²) in [4.78, 5) is 29.1. The van der Waals surface area contributed by atoms with Crippen LogP contribution in [-0.4, -0.2) is 95.0 Å². The molecule has 5 saturated carbocycles. The maximum Gasteiger partial charge on any atom is 0.410 e. The number of likely N-dealkylation sites (tertiary alicyclic amines) is 2. The third kappa shape index (κ3) is 3.97. The van der Waals surface area contributed by atoms with Gasteiger partial charge in [0.25, 0.3) is 0 Å². The Kier molecular flexibility index (Phi) is 7.04. The molecule has 8 fully saturated rings. The van der Waals surface area contributed by atoms with E-state index in [1.165, 1.54) is 12.8 Å². The summed E-state index contributed by atoms with van der Waals surface area (Å²) >= 11 is 0. The van der Waals surface area contributed by atoms with Crippen molar-refractivity contribution in [3.05, 3.63) is 0 Å². The van der Waals surface area contributed by atoms with Crippen LogP contribution in [0.25, 0.3) is 0 Å². The highest BCUT2D eigenvalue weighted by atomic mass is 16.6. The lowest BCUT2D eigenvalue weighted by atomic mass is 9.41. The fourth-order valence-corrected chi connectivity index (χ4v) is 13.4. The summed E-state index contributed by atoms with van der Waals surface area (Å²) in [6.07, 6.45) is 8.35. The van der Waals surface area contributed by atoms with Crippen LogP contribution in [0, 0.1) is 50.7 Å². The second-order valence-corrected chi connectivity index (χ2v) is 18.4. The van der Waals surface area contributed by atoms with E-state index in [9.17, 15) is 19.8 Å². The molecule has 12 atom stereocenters. The molecule has 3 heterocycles. The van der Waals surface area contributed by atoms with Crippen molar-refractivity contribution in [3.63, 3.8) is 0 Å². The molecule has 9 heteroatoms. The van der Waals surface area contributed by atoms with Crippen molar-refractivity contribution < 1.29 is 34.0 Å². The summed E-state index contributed by atoms with van der Waals surface area (Å²) in [5, 5.41) is 22.2. The van der Waals surface area contributed by atoms with E-state index in [1.807, 2.05) is 0 Å². The number of amides is 2. The molecule has 8 rings (SSSR count). The van der Waals surface area contributed by atoms with E-state index < -0.39 is 12.2 Å². The quantitative estimate of drug-likeness (QED) is 0.411. The predicted octanol–water partition coefficient (Wildman–Crippen LogP) is 5.60. The minimum absolute atomic E-state index is 0.000258. The summed E-state index contributed by atoms with van der Waals surface area (Å²) in [7, 11) is 0. The number of β-amino-alcohol motifs (C(OH)–C–C–N with tert-alkyl or cyclic N) is 1. The summed E-state index contributed by atoms with van der Waals surface area (Å²) < 4.78 is 19.2. The van der Waals surface area contributed by atoms with Gasteiger partial charge in [-0.2, -0.15) is 0 Å². The number of carbonyl (C=O) groups excluding carboxylic acids is 2. The minimum atomic E-state index is -0.544. The summed E-state index contributed by atoms with van der Waals surface area (Å²) in [6, 6.07) is 0. The first-order valence-electron chi connectivity index (χ1n) is 18.6. The van der Waals surface area contributed by atoms with E-state index in [-0.39, 0.29) is 69.6 Å². The monoisotopic (exact) mass is 642 g/mol. The SMILES string of the molecule is CC(C)C(OC(=O)N1CCC1)C1CC[C@H]2C(O1)[C@H](O)[C@@]1(C)C3CC[C@H]4C(C)(C)C(OC(=O)N5CC(O)C5)CCC45CC35CCC21C. The van der Waals surface area contributed by atoms with Gasteiger partial charge >= 0.3 is 12.2 Å². The van der Waals surface area contributed by atoms with Crippen LogP contribution < -0.4 is 0 Å². The largest absolute Gasteiger partial charge is 0.446 e. The van der Waals surface area contributed by atoms with Crippen molar-refractivity contribution in [2.45, 2.75) is 142 Å². The van der Waals surface area contributed by atoms with Crippen LogP contribution in [0.15, 0.2) is 0 Å². The van der Waals surface area contributed by atoms with Crippen LogP contribution >= 0.6 is 0 Å². The molecule has 0 aromatic heterocycles. The highest BCUT2D eigenvalue weighted by Gasteiger charge is 2.84. The fourth-order valence-electron chi connectivity index (χ4n) is 13.4. The molecule has 0 bridgehead atoms. The van der Waals surface area contributed by atoms with Crippen LogP contribution in [0.5, 0.6) is 0 Å². The van der Waals surface area contributed by atoms with Gasteiger partial charge in [0.2, 0.25) is 0 Å². The first-order valence-corrected chi connectivity index (χ1v) is 18.6. The minimum Gasteiger partial charge on any atom is -0.446 e. The summed E-state index contributed by atoms with van der Waals surface area (Å²) in [6.45, 7) is 16.0. The maximum atomic E-state index is 12.9. The molecule has 2 amide bonds. The number of aliphatic hydroxyl groups is 2. The van der Waals surface area contributed by atoms with Crippen LogP contribution in [-0.2, 0) is 14.2 Å². The molecule has 9 nitrogen and oxygen atoms in total. The van der Waals surface area contributed by atoms with Crippen molar-refractivity contribution in [1.29, 1.82) is 0 Å². The van der Waals surface area contributed by atoms with Gasteiger partial charge < -0.3 is 34.2 Å². The lowest BCUT2D eigenvalue weighted by molar-refractivity contribution is -0.185. The number of fused-ring (bicyclic) bond motifs is 4. The zero-order valence-electron chi connectivity index (χ0n) is 29.0. The topological polar surface area (TPSA) is 109 Å². The number of hydrogen-bond acceptors (Lipinski definition) is 7. The Balaban J connectivity index is 1.01. The van der Waals surface area contributed by atoms with Gasteiger partial charge in [-0.05, 0) is 104 Å². The highest BCUT2D eigenvalue weighted by molar-refractivity contribution is 5.69. The molecule has 0 aromatic carbocycles. The number of rotatable bonds is 4. The Labute approximate surface area is 275 Å². The van der Waals surface area contributed by atoms with Crippen LogP contribution in [0.3, 0.4) is 0 Å². The van der Waals surface area contributed by atoms with E-state index in [1.54, 1.807) is 9.80 Å². The molecule has 3 aliphatic heterocycles. The molecule has 2 spiro atoms. The Morgan fingerprint density at radius 1 is 0.848 bits per heavy atom. The van der Waals surface area contributed by atoms with Crippen LogP contribution in [0.1, 0.15) is 106 Å². The van der Waals surface area contributed by atoms with Crippen molar-refractivity contribution in [3.8, 4) is 0 Å². The first kappa shape index (κ1) is 31.7. The lowest BCUT2D eigenvalue weighted by Crippen LogP contribution is -2.60. The van der Waals surface area contributed by atoms with Gasteiger partial charge in [0.15, 0.2) is 0 Å². The van der Waals surface area contributed by atoms with E-state index in [0.717, 1.165) is 64.5 Å². The first-order chi connectivity index (χ1) is 21.7. The average Bonchev–Trinajstić information content (AvgIpc) is 3.59.